The van der Waals surface area contributed by atoms with Crippen molar-refractivity contribution in [3.63, 3.8) is 0 Å². The molecule has 0 radical (unpaired) electrons. The van der Waals surface area contributed by atoms with Gasteiger partial charge in [0, 0.05) is 13.2 Å². The van der Waals surface area contributed by atoms with E-state index in [1.54, 1.807) is 0 Å². The molecule has 5 nitrogen and oxygen atoms in total. The van der Waals surface area contributed by atoms with E-state index < -0.39 is 5.60 Å². The molecule has 0 aromatic carbocycles. The highest BCUT2D eigenvalue weighted by molar-refractivity contribution is 5.67. The highest BCUT2D eigenvalue weighted by Crippen LogP contribution is 2.06. The van der Waals surface area contributed by atoms with Crippen molar-refractivity contribution >= 4 is 6.09 Å². The third kappa shape index (κ3) is 11.7. The largest absolute Gasteiger partial charge is 0.444 e. The molecule has 5 heteroatoms. The van der Waals surface area contributed by atoms with Crippen molar-refractivity contribution in [2.24, 2.45) is 5.92 Å². The summed E-state index contributed by atoms with van der Waals surface area (Å²) in [5.74, 6) is 0.480. The molecule has 0 aromatic heterocycles. The third-order valence-corrected chi connectivity index (χ3v) is 2.31. The first kappa shape index (κ1) is 17.2. The van der Waals surface area contributed by atoms with Crippen LogP contribution in [0.25, 0.3) is 0 Å². The molecule has 18 heavy (non-hydrogen) atoms. The Morgan fingerprint density at radius 3 is 2.56 bits per heavy atom. The molecule has 0 aliphatic carbocycles. The Balaban J connectivity index is 3.38. The zero-order valence-electron chi connectivity index (χ0n) is 12.1. The summed E-state index contributed by atoms with van der Waals surface area (Å²) in [7, 11) is 0. The van der Waals surface area contributed by atoms with Gasteiger partial charge in [0.2, 0.25) is 0 Å². The monoisotopic (exact) mass is 260 g/mol. The van der Waals surface area contributed by atoms with Crippen LogP contribution in [-0.2, 0) is 4.74 Å². The van der Waals surface area contributed by atoms with Crippen LogP contribution in [0.1, 0.15) is 40.5 Å². The molecule has 0 bridgehead atoms. The van der Waals surface area contributed by atoms with Crippen molar-refractivity contribution in [2.75, 3.05) is 26.2 Å². The summed E-state index contributed by atoms with van der Waals surface area (Å²) in [4.78, 5) is 11.3. The Morgan fingerprint density at radius 1 is 1.33 bits per heavy atom. The summed E-state index contributed by atoms with van der Waals surface area (Å²) < 4.78 is 5.12. The minimum Gasteiger partial charge on any atom is -0.444 e. The van der Waals surface area contributed by atoms with Gasteiger partial charge in [-0.25, -0.2) is 4.79 Å². The van der Waals surface area contributed by atoms with Crippen molar-refractivity contribution in [3.8, 4) is 0 Å². The van der Waals surface area contributed by atoms with Gasteiger partial charge in [-0.15, -0.1) is 0 Å². The lowest BCUT2D eigenvalue weighted by Crippen LogP contribution is -2.34. The average Bonchev–Trinajstić information content (AvgIpc) is 2.21. The quantitative estimate of drug-likeness (QED) is 0.579. The molecule has 3 N–H and O–H groups in total. The van der Waals surface area contributed by atoms with Gasteiger partial charge in [0.15, 0.2) is 0 Å². The molecule has 1 atom stereocenters. The van der Waals surface area contributed by atoms with Gasteiger partial charge in [-0.05, 0) is 52.6 Å². The van der Waals surface area contributed by atoms with Crippen molar-refractivity contribution in [1.82, 2.24) is 10.6 Å². The van der Waals surface area contributed by atoms with Gasteiger partial charge in [0.1, 0.15) is 5.60 Å². The van der Waals surface area contributed by atoms with Crippen molar-refractivity contribution in [1.29, 1.82) is 0 Å². The molecule has 0 heterocycles. The zero-order chi connectivity index (χ0) is 14.0. The summed E-state index contributed by atoms with van der Waals surface area (Å²) in [6.45, 7) is 10.2. The Labute approximate surface area is 110 Å². The Bertz CT molecular complexity index is 227. The standard InChI is InChI=1S/C13H28N2O3/c1-11(6-9-16)10-14-7-5-8-15-12(17)18-13(2,3)4/h11,14,16H,5-10H2,1-4H3,(H,15,17). The number of aliphatic hydroxyl groups is 1. The number of hydrogen-bond donors (Lipinski definition) is 3. The van der Waals surface area contributed by atoms with Crippen LogP contribution in [0.3, 0.4) is 0 Å². The van der Waals surface area contributed by atoms with E-state index in [1.165, 1.54) is 0 Å². The molecule has 0 spiro atoms. The lowest BCUT2D eigenvalue weighted by atomic mass is 10.1. The van der Waals surface area contributed by atoms with E-state index in [0.717, 1.165) is 25.9 Å². The topological polar surface area (TPSA) is 70.6 Å². The van der Waals surface area contributed by atoms with Gasteiger partial charge in [-0.3, -0.25) is 0 Å². The number of rotatable bonds is 8. The van der Waals surface area contributed by atoms with Gasteiger partial charge in [-0.2, -0.15) is 0 Å². The summed E-state index contributed by atoms with van der Waals surface area (Å²) in [6, 6.07) is 0. The van der Waals surface area contributed by atoms with Crippen LogP contribution in [0.5, 0.6) is 0 Å². The molecule has 0 aliphatic rings. The number of carbonyl (C=O) groups is 1. The number of carbonyl (C=O) groups excluding carboxylic acids is 1. The molecule has 0 aromatic rings. The van der Waals surface area contributed by atoms with Crippen LogP contribution in [0, 0.1) is 5.92 Å². The van der Waals surface area contributed by atoms with Gasteiger partial charge < -0.3 is 20.5 Å². The molecule has 1 amide bonds. The highest BCUT2D eigenvalue weighted by atomic mass is 16.6. The number of ether oxygens (including phenoxy) is 1. The molecule has 108 valence electrons. The first-order chi connectivity index (χ1) is 8.35. The number of hydrogen-bond acceptors (Lipinski definition) is 4. The minimum absolute atomic E-state index is 0.239. The molecule has 0 saturated heterocycles. The van der Waals surface area contributed by atoms with Gasteiger partial charge in [-0.1, -0.05) is 6.92 Å². The first-order valence-electron chi connectivity index (χ1n) is 6.63. The zero-order valence-corrected chi connectivity index (χ0v) is 12.1. The number of aliphatic hydroxyl groups excluding tert-OH is 1. The van der Waals surface area contributed by atoms with Crippen LogP contribution >= 0.6 is 0 Å². The van der Waals surface area contributed by atoms with E-state index in [1.807, 2.05) is 20.8 Å². The maximum atomic E-state index is 11.3. The fraction of sp³-hybridized carbons (Fsp3) is 0.923. The predicted octanol–water partition coefficient (Wildman–Crippen LogP) is 1.51. The van der Waals surface area contributed by atoms with E-state index in [0.29, 0.717) is 12.5 Å². The van der Waals surface area contributed by atoms with Crippen LogP contribution < -0.4 is 10.6 Å². The maximum Gasteiger partial charge on any atom is 0.407 e. The van der Waals surface area contributed by atoms with Crippen molar-refractivity contribution in [2.45, 2.75) is 46.1 Å². The molecular weight excluding hydrogens is 232 g/mol. The fourth-order valence-electron chi connectivity index (χ4n) is 1.39. The number of amides is 1. The maximum absolute atomic E-state index is 11.3. The highest BCUT2D eigenvalue weighted by Gasteiger charge is 2.15. The average molecular weight is 260 g/mol. The molecular formula is C13H28N2O3. The second kappa shape index (κ2) is 9.16. The number of alkyl carbamates (subject to hydrolysis) is 1. The normalized spacial score (nSPS) is 13.2. The van der Waals surface area contributed by atoms with E-state index in [-0.39, 0.29) is 12.7 Å². The molecule has 0 fully saturated rings. The molecule has 0 saturated carbocycles. The van der Waals surface area contributed by atoms with E-state index in [4.69, 9.17) is 9.84 Å². The SMILES string of the molecule is CC(CCO)CNCCCNC(=O)OC(C)(C)C. The van der Waals surface area contributed by atoms with Gasteiger partial charge in [0.25, 0.3) is 0 Å². The first-order valence-corrected chi connectivity index (χ1v) is 6.63. The fourth-order valence-corrected chi connectivity index (χ4v) is 1.39. The van der Waals surface area contributed by atoms with Crippen molar-refractivity contribution in [3.05, 3.63) is 0 Å². The smallest absolute Gasteiger partial charge is 0.407 e. The van der Waals surface area contributed by atoms with Crippen LogP contribution in [0.2, 0.25) is 0 Å². The van der Waals surface area contributed by atoms with Crippen molar-refractivity contribution < 1.29 is 14.6 Å². The summed E-state index contributed by atoms with van der Waals surface area (Å²) >= 11 is 0. The summed E-state index contributed by atoms with van der Waals surface area (Å²) in [5, 5.41) is 14.7. The third-order valence-electron chi connectivity index (χ3n) is 2.31. The van der Waals surface area contributed by atoms with Gasteiger partial charge >= 0.3 is 6.09 Å². The predicted molar refractivity (Wildman–Crippen MR) is 72.6 cm³/mol. The number of nitrogens with one attached hydrogen (secondary N) is 2. The van der Waals surface area contributed by atoms with E-state index in [2.05, 4.69) is 17.6 Å². The lowest BCUT2D eigenvalue weighted by molar-refractivity contribution is 0.0527. The second-order valence-electron chi connectivity index (χ2n) is 5.60. The van der Waals surface area contributed by atoms with E-state index in [9.17, 15) is 4.79 Å². The van der Waals surface area contributed by atoms with Crippen LogP contribution in [0.15, 0.2) is 0 Å². The summed E-state index contributed by atoms with van der Waals surface area (Å²) in [5.41, 5.74) is -0.442. The van der Waals surface area contributed by atoms with Crippen LogP contribution in [-0.4, -0.2) is 43.0 Å². The molecule has 0 aliphatic heterocycles. The Kier molecular flexibility index (Phi) is 8.75. The lowest BCUT2D eigenvalue weighted by Gasteiger charge is -2.19. The second-order valence-corrected chi connectivity index (χ2v) is 5.60. The Hall–Kier alpha value is -0.810. The molecule has 1 unspecified atom stereocenters. The minimum atomic E-state index is -0.442. The van der Waals surface area contributed by atoms with Crippen LogP contribution in [0.4, 0.5) is 4.79 Å². The Morgan fingerprint density at radius 2 is 2.00 bits per heavy atom. The van der Waals surface area contributed by atoms with Gasteiger partial charge in [0.05, 0.1) is 0 Å². The van der Waals surface area contributed by atoms with E-state index >= 15 is 0 Å². The molecule has 0 rings (SSSR count). The summed E-state index contributed by atoms with van der Waals surface area (Å²) in [6.07, 6.45) is 1.32.